The Morgan fingerprint density at radius 2 is 2.05 bits per heavy atom. The van der Waals surface area contributed by atoms with Crippen molar-refractivity contribution in [1.82, 2.24) is 0 Å². The van der Waals surface area contributed by atoms with Gasteiger partial charge in [-0.2, -0.15) is 0 Å². The van der Waals surface area contributed by atoms with Crippen LogP contribution in [0.5, 0.6) is 0 Å². The summed E-state index contributed by atoms with van der Waals surface area (Å²) in [4.78, 5) is 34.1. The van der Waals surface area contributed by atoms with E-state index >= 15 is 0 Å². The number of aryl methyl sites for hydroxylation is 1. The number of nitrogens with one attached hydrogen (secondary N) is 1. The number of hydrogen-bond acceptors (Lipinski definition) is 5. The van der Waals surface area contributed by atoms with Crippen molar-refractivity contribution in [3.8, 4) is 0 Å². The van der Waals surface area contributed by atoms with E-state index in [1.807, 2.05) is 0 Å². The maximum Gasteiger partial charge on any atom is 0.340 e. The highest BCUT2D eigenvalue weighted by Gasteiger charge is 2.22. The molecular formula is C15H20N2O5. The number of carboxylic acid groups (broad SMARTS) is 1. The van der Waals surface area contributed by atoms with Gasteiger partial charge in [0.05, 0.1) is 12.2 Å². The van der Waals surface area contributed by atoms with Crippen molar-refractivity contribution in [2.75, 3.05) is 11.9 Å². The lowest BCUT2D eigenvalue weighted by molar-refractivity contribution is -0.138. The minimum atomic E-state index is -1.13. The molecule has 120 valence electrons. The molecule has 1 aromatic rings. The van der Waals surface area contributed by atoms with E-state index in [-0.39, 0.29) is 25.0 Å². The molecule has 0 aliphatic carbocycles. The third kappa shape index (κ3) is 4.76. The summed E-state index contributed by atoms with van der Waals surface area (Å²) in [5.74, 6) is -2.23. The van der Waals surface area contributed by atoms with E-state index in [0.29, 0.717) is 11.3 Å². The van der Waals surface area contributed by atoms with Gasteiger partial charge < -0.3 is 20.9 Å². The van der Waals surface area contributed by atoms with Crippen LogP contribution in [0.4, 0.5) is 5.69 Å². The average Bonchev–Trinajstić information content (AvgIpc) is 2.43. The standard InChI is InChI=1S/C15H20N2O5/c1-3-22-15(21)13-9(2)5-4-6-10(13)17-11(14(19)20)7-8-12(16)18/h4-6,11,17H,3,7-8H2,1-2H3,(H2,16,18)(H,19,20)/t11-/m0/s1. The Labute approximate surface area is 128 Å². The van der Waals surface area contributed by atoms with Gasteiger partial charge in [-0.05, 0) is 31.9 Å². The number of primary amides is 1. The van der Waals surface area contributed by atoms with Crippen molar-refractivity contribution in [2.24, 2.45) is 5.73 Å². The predicted octanol–water partition coefficient (Wildman–Crippen LogP) is 1.30. The van der Waals surface area contributed by atoms with Crippen molar-refractivity contribution in [3.05, 3.63) is 29.3 Å². The molecule has 0 unspecified atom stereocenters. The van der Waals surface area contributed by atoms with E-state index in [4.69, 9.17) is 10.5 Å². The van der Waals surface area contributed by atoms with Crippen LogP contribution in [-0.2, 0) is 14.3 Å². The van der Waals surface area contributed by atoms with Crippen LogP contribution in [0.2, 0.25) is 0 Å². The number of anilines is 1. The molecule has 1 amide bonds. The Kier molecular flexibility index (Phi) is 6.37. The SMILES string of the molecule is CCOC(=O)c1c(C)cccc1N[C@@H](CCC(N)=O)C(=O)O. The lowest BCUT2D eigenvalue weighted by Crippen LogP contribution is -2.31. The number of benzene rings is 1. The lowest BCUT2D eigenvalue weighted by Gasteiger charge is -2.18. The Morgan fingerprint density at radius 3 is 2.59 bits per heavy atom. The second-order valence-electron chi connectivity index (χ2n) is 4.76. The monoisotopic (exact) mass is 308 g/mol. The summed E-state index contributed by atoms with van der Waals surface area (Å²) in [5.41, 5.74) is 6.35. The number of carboxylic acids is 1. The molecule has 1 rings (SSSR count). The van der Waals surface area contributed by atoms with Gasteiger partial charge in [0, 0.05) is 12.1 Å². The summed E-state index contributed by atoms with van der Waals surface area (Å²) in [6.45, 7) is 3.64. The highest BCUT2D eigenvalue weighted by molar-refractivity contribution is 5.98. The first-order valence-corrected chi connectivity index (χ1v) is 6.91. The first-order valence-electron chi connectivity index (χ1n) is 6.91. The molecule has 0 heterocycles. The van der Waals surface area contributed by atoms with Gasteiger partial charge in [-0.3, -0.25) is 4.79 Å². The van der Waals surface area contributed by atoms with Crippen LogP contribution in [0.25, 0.3) is 0 Å². The predicted molar refractivity (Wildman–Crippen MR) is 80.6 cm³/mol. The molecule has 4 N–H and O–H groups in total. The lowest BCUT2D eigenvalue weighted by atomic mass is 10.0. The Bertz CT molecular complexity index is 571. The summed E-state index contributed by atoms with van der Waals surface area (Å²) < 4.78 is 4.99. The van der Waals surface area contributed by atoms with Crippen molar-refractivity contribution < 1.29 is 24.2 Å². The van der Waals surface area contributed by atoms with Crippen molar-refractivity contribution in [2.45, 2.75) is 32.7 Å². The highest BCUT2D eigenvalue weighted by Crippen LogP contribution is 2.22. The topological polar surface area (TPSA) is 119 Å². The second-order valence-corrected chi connectivity index (χ2v) is 4.76. The van der Waals surface area contributed by atoms with Crippen LogP contribution in [0, 0.1) is 6.92 Å². The molecule has 7 nitrogen and oxygen atoms in total. The molecule has 1 aromatic carbocycles. The molecule has 0 fully saturated rings. The fourth-order valence-corrected chi connectivity index (χ4v) is 1.99. The summed E-state index contributed by atoms with van der Waals surface area (Å²) in [6.07, 6.45) is -0.0363. The Morgan fingerprint density at radius 1 is 1.36 bits per heavy atom. The van der Waals surface area contributed by atoms with Crippen molar-refractivity contribution in [3.63, 3.8) is 0 Å². The second kappa shape index (κ2) is 8.02. The highest BCUT2D eigenvalue weighted by atomic mass is 16.5. The molecule has 7 heteroatoms. The van der Waals surface area contributed by atoms with Crippen LogP contribution >= 0.6 is 0 Å². The van der Waals surface area contributed by atoms with Crippen LogP contribution in [-0.4, -0.2) is 35.6 Å². The molecule has 0 saturated carbocycles. The van der Waals surface area contributed by atoms with Gasteiger partial charge in [0.2, 0.25) is 5.91 Å². The number of rotatable bonds is 8. The number of esters is 1. The molecule has 0 radical (unpaired) electrons. The maximum absolute atomic E-state index is 12.0. The first kappa shape index (κ1) is 17.5. The molecule has 0 bridgehead atoms. The van der Waals surface area contributed by atoms with E-state index in [9.17, 15) is 19.5 Å². The minimum Gasteiger partial charge on any atom is -0.480 e. The molecule has 0 saturated heterocycles. The number of nitrogens with two attached hydrogens (primary N) is 1. The van der Waals surface area contributed by atoms with Gasteiger partial charge in [0.1, 0.15) is 6.04 Å². The van der Waals surface area contributed by atoms with Crippen molar-refractivity contribution >= 4 is 23.5 Å². The summed E-state index contributed by atoms with van der Waals surface area (Å²) >= 11 is 0. The molecule has 0 aromatic heterocycles. The zero-order chi connectivity index (χ0) is 16.7. The molecule has 0 aliphatic heterocycles. The third-order valence-electron chi connectivity index (χ3n) is 3.06. The fraction of sp³-hybridized carbons (Fsp3) is 0.400. The van der Waals surface area contributed by atoms with Crippen LogP contribution in [0.3, 0.4) is 0 Å². The van der Waals surface area contributed by atoms with Gasteiger partial charge >= 0.3 is 11.9 Å². The van der Waals surface area contributed by atoms with Gasteiger partial charge in [-0.1, -0.05) is 12.1 Å². The Hall–Kier alpha value is -2.57. The quantitative estimate of drug-likeness (QED) is 0.623. The average molecular weight is 308 g/mol. The van der Waals surface area contributed by atoms with E-state index in [1.54, 1.807) is 32.0 Å². The third-order valence-corrected chi connectivity index (χ3v) is 3.06. The van der Waals surface area contributed by atoms with Crippen LogP contribution in [0.1, 0.15) is 35.7 Å². The first-order chi connectivity index (χ1) is 10.4. The van der Waals surface area contributed by atoms with E-state index < -0.39 is 23.9 Å². The largest absolute Gasteiger partial charge is 0.480 e. The molecule has 0 spiro atoms. The minimum absolute atomic E-state index is 0.0286. The van der Waals surface area contributed by atoms with Gasteiger partial charge in [-0.15, -0.1) is 0 Å². The zero-order valence-electron chi connectivity index (χ0n) is 12.6. The number of carbonyl (C=O) groups is 3. The summed E-state index contributed by atoms with van der Waals surface area (Å²) in [6, 6.07) is 4.01. The number of aliphatic carboxylic acids is 1. The normalized spacial score (nSPS) is 11.5. The molecule has 0 aliphatic rings. The zero-order valence-corrected chi connectivity index (χ0v) is 12.6. The molecular weight excluding hydrogens is 288 g/mol. The Balaban J connectivity index is 3.03. The van der Waals surface area contributed by atoms with Gasteiger partial charge in [0.15, 0.2) is 0 Å². The van der Waals surface area contributed by atoms with Gasteiger partial charge in [0.25, 0.3) is 0 Å². The molecule has 22 heavy (non-hydrogen) atoms. The number of ether oxygens (including phenoxy) is 1. The van der Waals surface area contributed by atoms with Crippen LogP contribution in [0.15, 0.2) is 18.2 Å². The number of hydrogen-bond donors (Lipinski definition) is 3. The summed E-state index contributed by atoms with van der Waals surface area (Å²) in [7, 11) is 0. The van der Waals surface area contributed by atoms with Crippen LogP contribution < -0.4 is 11.1 Å². The number of amides is 1. The summed E-state index contributed by atoms with van der Waals surface area (Å²) in [5, 5.41) is 12.0. The maximum atomic E-state index is 12.0. The van der Waals surface area contributed by atoms with Gasteiger partial charge in [-0.25, -0.2) is 9.59 Å². The van der Waals surface area contributed by atoms with Crippen molar-refractivity contribution in [1.29, 1.82) is 0 Å². The van der Waals surface area contributed by atoms with E-state index in [0.717, 1.165) is 0 Å². The number of carbonyl (C=O) groups excluding carboxylic acids is 2. The molecule has 1 atom stereocenters. The van der Waals surface area contributed by atoms with E-state index in [1.165, 1.54) is 0 Å². The smallest absolute Gasteiger partial charge is 0.340 e. The van der Waals surface area contributed by atoms with E-state index in [2.05, 4.69) is 5.32 Å². The fourth-order valence-electron chi connectivity index (χ4n) is 1.99.